The summed E-state index contributed by atoms with van der Waals surface area (Å²) in [5.41, 5.74) is 3.35. The molecule has 6 nitrogen and oxygen atoms in total. The first-order valence-electron chi connectivity index (χ1n) is 10.0. The van der Waals surface area contributed by atoms with Crippen molar-refractivity contribution in [2.45, 2.75) is 39.0 Å². The molecule has 0 atom stereocenters. The van der Waals surface area contributed by atoms with Crippen molar-refractivity contribution in [2.75, 3.05) is 16.0 Å². The molecule has 2 amide bonds. The van der Waals surface area contributed by atoms with Gasteiger partial charge in [-0.2, -0.15) is 0 Å². The number of anilines is 2. The Balaban J connectivity index is 1.57. The van der Waals surface area contributed by atoms with Gasteiger partial charge >= 0.3 is 5.63 Å². The monoisotopic (exact) mass is 436 g/mol. The summed E-state index contributed by atoms with van der Waals surface area (Å²) < 4.78 is 5.43. The van der Waals surface area contributed by atoms with E-state index < -0.39 is 11.2 Å². The van der Waals surface area contributed by atoms with E-state index in [1.807, 2.05) is 44.2 Å². The van der Waals surface area contributed by atoms with Crippen LogP contribution in [0.25, 0.3) is 11.0 Å². The minimum absolute atomic E-state index is 0.156. The molecule has 3 aromatic rings. The fourth-order valence-electron chi connectivity index (χ4n) is 3.86. The fourth-order valence-corrected chi connectivity index (χ4v) is 4.72. The molecule has 31 heavy (non-hydrogen) atoms. The zero-order valence-electron chi connectivity index (χ0n) is 17.9. The van der Waals surface area contributed by atoms with Gasteiger partial charge in [0.1, 0.15) is 11.1 Å². The molecule has 1 aliphatic rings. The summed E-state index contributed by atoms with van der Waals surface area (Å²) in [6.45, 7) is 7.38. The maximum Gasteiger partial charge on any atom is 0.336 e. The Hall–Kier alpha value is -3.06. The molecule has 1 N–H and O–H groups in total. The lowest BCUT2D eigenvalue weighted by molar-refractivity contribution is -0.125. The minimum Gasteiger partial charge on any atom is -0.422 e. The molecule has 0 saturated heterocycles. The Morgan fingerprint density at radius 3 is 2.65 bits per heavy atom. The van der Waals surface area contributed by atoms with Crippen LogP contribution in [0.5, 0.6) is 0 Å². The Morgan fingerprint density at radius 2 is 1.87 bits per heavy atom. The smallest absolute Gasteiger partial charge is 0.336 e. The molecule has 160 valence electrons. The highest BCUT2D eigenvalue weighted by molar-refractivity contribution is 7.99. The Labute approximate surface area is 184 Å². The lowest BCUT2D eigenvalue weighted by atomic mass is 9.96. The van der Waals surface area contributed by atoms with Crippen LogP contribution in [-0.2, 0) is 15.3 Å². The van der Waals surface area contributed by atoms with E-state index in [1.54, 1.807) is 24.8 Å². The van der Waals surface area contributed by atoms with Crippen molar-refractivity contribution in [2.24, 2.45) is 0 Å². The van der Waals surface area contributed by atoms with Crippen molar-refractivity contribution in [3.8, 4) is 0 Å². The summed E-state index contributed by atoms with van der Waals surface area (Å²) >= 11 is 1.41. The van der Waals surface area contributed by atoms with Gasteiger partial charge in [0, 0.05) is 17.2 Å². The number of nitrogens with zero attached hydrogens (tertiary/aromatic N) is 1. The summed E-state index contributed by atoms with van der Waals surface area (Å²) in [6.07, 6.45) is 0. The molecule has 2 heterocycles. The van der Waals surface area contributed by atoms with Crippen LogP contribution in [0.3, 0.4) is 0 Å². The van der Waals surface area contributed by atoms with E-state index in [1.165, 1.54) is 17.8 Å². The largest absolute Gasteiger partial charge is 0.422 e. The SMILES string of the molecule is Cc1ccc2c(CSCC(=O)N3c4ccccc4NC(=O)C3(C)C)cc(=O)oc2c1C. The number of amides is 2. The third kappa shape index (κ3) is 3.74. The van der Waals surface area contributed by atoms with Crippen molar-refractivity contribution < 1.29 is 14.0 Å². The second-order valence-electron chi connectivity index (χ2n) is 8.23. The van der Waals surface area contributed by atoms with Crippen molar-refractivity contribution >= 4 is 45.9 Å². The first-order valence-corrected chi connectivity index (χ1v) is 11.2. The Bertz CT molecular complexity index is 1260. The average molecular weight is 437 g/mol. The van der Waals surface area contributed by atoms with Crippen LogP contribution in [-0.4, -0.2) is 23.1 Å². The zero-order chi connectivity index (χ0) is 22.3. The second-order valence-corrected chi connectivity index (χ2v) is 9.21. The third-order valence-corrected chi connectivity index (χ3v) is 6.72. The van der Waals surface area contributed by atoms with E-state index in [0.29, 0.717) is 22.7 Å². The van der Waals surface area contributed by atoms with E-state index >= 15 is 0 Å². The van der Waals surface area contributed by atoms with Gasteiger partial charge in [-0.25, -0.2) is 4.79 Å². The van der Waals surface area contributed by atoms with Crippen LogP contribution in [0, 0.1) is 13.8 Å². The van der Waals surface area contributed by atoms with Gasteiger partial charge in [0.05, 0.1) is 17.1 Å². The summed E-state index contributed by atoms with van der Waals surface area (Å²) in [5.74, 6) is 0.287. The Morgan fingerprint density at radius 1 is 1.13 bits per heavy atom. The number of hydrogen-bond donors (Lipinski definition) is 1. The summed E-state index contributed by atoms with van der Waals surface area (Å²) in [5, 5.41) is 3.75. The predicted molar refractivity (Wildman–Crippen MR) is 125 cm³/mol. The molecule has 0 aliphatic carbocycles. The number of thioether (sulfide) groups is 1. The number of rotatable bonds is 4. The minimum atomic E-state index is -0.999. The van der Waals surface area contributed by atoms with E-state index in [4.69, 9.17) is 4.42 Å². The van der Waals surface area contributed by atoms with Crippen molar-refractivity contribution in [3.63, 3.8) is 0 Å². The summed E-state index contributed by atoms with van der Waals surface area (Å²) in [6, 6.07) is 12.7. The molecular weight excluding hydrogens is 412 g/mol. The summed E-state index contributed by atoms with van der Waals surface area (Å²) in [4.78, 5) is 39.4. The number of carbonyl (C=O) groups excluding carboxylic acids is 2. The highest BCUT2D eigenvalue weighted by Crippen LogP contribution is 2.37. The number of benzene rings is 2. The average Bonchev–Trinajstić information content (AvgIpc) is 2.71. The lowest BCUT2D eigenvalue weighted by Crippen LogP contribution is -2.58. The topological polar surface area (TPSA) is 79.6 Å². The van der Waals surface area contributed by atoms with Crippen molar-refractivity contribution in [1.29, 1.82) is 0 Å². The van der Waals surface area contributed by atoms with Crippen LogP contribution in [0.15, 0.2) is 51.7 Å². The predicted octanol–water partition coefficient (Wildman–Crippen LogP) is 4.41. The molecule has 0 fully saturated rings. The number of hydrogen-bond acceptors (Lipinski definition) is 5. The number of fused-ring (bicyclic) bond motifs is 2. The van der Waals surface area contributed by atoms with Gasteiger partial charge in [0.15, 0.2) is 0 Å². The van der Waals surface area contributed by atoms with Gasteiger partial charge in [-0.15, -0.1) is 11.8 Å². The molecule has 0 unspecified atom stereocenters. The van der Waals surface area contributed by atoms with Gasteiger partial charge < -0.3 is 9.73 Å². The lowest BCUT2D eigenvalue weighted by Gasteiger charge is -2.42. The van der Waals surface area contributed by atoms with Gasteiger partial charge in [-0.1, -0.05) is 24.3 Å². The molecule has 0 bridgehead atoms. The Kier molecular flexibility index (Phi) is 5.39. The van der Waals surface area contributed by atoms with E-state index in [0.717, 1.165) is 22.1 Å². The summed E-state index contributed by atoms with van der Waals surface area (Å²) in [7, 11) is 0. The first-order chi connectivity index (χ1) is 14.7. The molecule has 2 aromatic carbocycles. The molecule has 4 rings (SSSR count). The van der Waals surface area contributed by atoms with Gasteiger partial charge in [0.25, 0.3) is 0 Å². The normalized spacial score (nSPS) is 15.0. The molecule has 1 aliphatic heterocycles. The molecule has 7 heteroatoms. The number of para-hydroxylation sites is 2. The van der Waals surface area contributed by atoms with Gasteiger partial charge in [-0.3, -0.25) is 14.5 Å². The number of aryl methyl sites for hydroxylation is 2. The van der Waals surface area contributed by atoms with Crippen LogP contribution in [0.2, 0.25) is 0 Å². The molecule has 0 radical (unpaired) electrons. The van der Waals surface area contributed by atoms with Crippen LogP contribution in [0.4, 0.5) is 11.4 Å². The van der Waals surface area contributed by atoms with Crippen LogP contribution in [0.1, 0.15) is 30.5 Å². The zero-order valence-corrected chi connectivity index (χ0v) is 18.8. The number of nitrogens with one attached hydrogen (secondary N) is 1. The van der Waals surface area contributed by atoms with Gasteiger partial charge in [0.2, 0.25) is 11.8 Å². The fraction of sp³-hybridized carbons (Fsp3) is 0.292. The third-order valence-electron chi connectivity index (χ3n) is 5.76. The van der Waals surface area contributed by atoms with Gasteiger partial charge in [-0.05, 0) is 56.5 Å². The second kappa shape index (κ2) is 7.89. The molecule has 0 spiro atoms. The van der Waals surface area contributed by atoms with Crippen molar-refractivity contribution in [3.05, 3.63) is 69.6 Å². The molecule has 0 saturated carbocycles. The van der Waals surface area contributed by atoms with Crippen LogP contribution >= 0.6 is 11.8 Å². The van der Waals surface area contributed by atoms with Crippen LogP contribution < -0.4 is 15.8 Å². The quantitative estimate of drug-likeness (QED) is 0.613. The van der Waals surface area contributed by atoms with E-state index in [9.17, 15) is 14.4 Å². The van der Waals surface area contributed by atoms with Crippen molar-refractivity contribution in [1.82, 2.24) is 0 Å². The molecule has 1 aromatic heterocycles. The maximum absolute atomic E-state index is 13.2. The maximum atomic E-state index is 13.2. The highest BCUT2D eigenvalue weighted by atomic mass is 32.2. The highest BCUT2D eigenvalue weighted by Gasteiger charge is 2.43. The number of carbonyl (C=O) groups is 2. The van der Waals surface area contributed by atoms with E-state index in [2.05, 4.69) is 5.32 Å². The molecular formula is C24H24N2O4S. The first kappa shape index (κ1) is 21.2. The van der Waals surface area contributed by atoms with E-state index in [-0.39, 0.29) is 17.6 Å². The standard InChI is InChI=1S/C24H24N2O4S/c1-14-9-10-17-16(11-21(28)30-22(17)15(14)2)12-31-13-20(27)26-19-8-6-5-7-18(19)25-23(29)24(26,3)4/h5-11H,12-13H2,1-4H3,(H,25,29).